The molecule has 0 saturated carbocycles. The predicted octanol–water partition coefficient (Wildman–Crippen LogP) is 1.43. The first kappa shape index (κ1) is 16.9. The number of rotatable bonds is 5. The maximum absolute atomic E-state index is 12.2. The van der Waals surface area contributed by atoms with E-state index in [1.165, 1.54) is 5.56 Å². The summed E-state index contributed by atoms with van der Waals surface area (Å²) in [5.41, 5.74) is 2.06. The van der Waals surface area contributed by atoms with Crippen LogP contribution in [0.3, 0.4) is 0 Å². The first-order valence-electron chi connectivity index (χ1n) is 8.53. The van der Waals surface area contributed by atoms with E-state index in [-0.39, 0.29) is 24.2 Å². The minimum absolute atomic E-state index is 0.0195. The lowest BCUT2D eigenvalue weighted by molar-refractivity contribution is -0.147. The summed E-state index contributed by atoms with van der Waals surface area (Å²) in [6.45, 7) is 6.90. The van der Waals surface area contributed by atoms with Gasteiger partial charge in [-0.25, -0.2) is 0 Å². The molecule has 1 aromatic rings. The minimum atomic E-state index is -0.356. The largest absolute Gasteiger partial charge is 0.466 e. The number of esters is 1. The highest BCUT2D eigenvalue weighted by molar-refractivity contribution is 5.99. The molecule has 2 fully saturated rings. The molecule has 0 aromatic heterocycles. The average molecular weight is 332 g/mol. The van der Waals surface area contributed by atoms with Gasteiger partial charge in [0.25, 0.3) is 0 Å². The van der Waals surface area contributed by atoms with Crippen molar-refractivity contribution >= 4 is 17.6 Å². The third-order valence-corrected chi connectivity index (χ3v) is 4.50. The number of nitrogens with zero attached hydrogens (tertiary/aromatic N) is 2. The maximum Gasteiger partial charge on any atom is 0.311 e. The van der Waals surface area contributed by atoms with E-state index in [0.717, 1.165) is 38.5 Å². The lowest BCUT2D eigenvalue weighted by atomic mass is 10.1. The molecule has 3 rings (SSSR count). The second kappa shape index (κ2) is 7.77. The summed E-state index contributed by atoms with van der Waals surface area (Å²) in [4.78, 5) is 28.1. The molecule has 1 amide bonds. The third-order valence-electron chi connectivity index (χ3n) is 4.50. The first-order chi connectivity index (χ1) is 11.7. The van der Waals surface area contributed by atoms with Crippen molar-refractivity contribution in [3.63, 3.8) is 0 Å². The summed E-state index contributed by atoms with van der Waals surface area (Å²) in [7, 11) is 0. The van der Waals surface area contributed by atoms with E-state index in [9.17, 15) is 9.59 Å². The lowest BCUT2D eigenvalue weighted by Gasteiger charge is -2.26. The van der Waals surface area contributed by atoms with Crippen LogP contribution >= 0.6 is 0 Å². The monoisotopic (exact) mass is 332 g/mol. The van der Waals surface area contributed by atoms with Crippen molar-refractivity contribution in [2.24, 2.45) is 5.92 Å². The van der Waals surface area contributed by atoms with Crippen molar-refractivity contribution < 1.29 is 19.1 Å². The van der Waals surface area contributed by atoms with E-state index in [1.54, 1.807) is 11.8 Å². The molecule has 2 saturated heterocycles. The van der Waals surface area contributed by atoms with Crippen LogP contribution < -0.4 is 4.90 Å². The minimum Gasteiger partial charge on any atom is -0.466 e. The maximum atomic E-state index is 12.2. The Hall–Kier alpha value is -1.92. The van der Waals surface area contributed by atoms with Crippen molar-refractivity contribution in [2.75, 3.05) is 44.4 Å². The van der Waals surface area contributed by atoms with Crippen LogP contribution in [-0.4, -0.2) is 56.2 Å². The Morgan fingerprint density at radius 1 is 1.25 bits per heavy atom. The number of benzene rings is 1. The molecule has 1 aromatic carbocycles. The Morgan fingerprint density at radius 3 is 2.62 bits per heavy atom. The number of hydrogen-bond acceptors (Lipinski definition) is 5. The van der Waals surface area contributed by atoms with E-state index in [0.29, 0.717) is 13.2 Å². The van der Waals surface area contributed by atoms with Gasteiger partial charge < -0.3 is 14.4 Å². The Balaban J connectivity index is 1.60. The highest BCUT2D eigenvalue weighted by Gasteiger charge is 2.35. The molecule has 2 heterocycles. The molecule has 0 spiro atoms. The van der Waals surface area contributed by atoms with Gasteiger partial charge in [0.15, 0.2) is 0 Å². The van der Waals surface area contributed by atoms with Gasteiger partial charge in [0, 0.05) is 38.3 Å². The molecule has 0 unspecified atom stereocenters. The van der Waals surface area contributed by atoms with Gasteiger partial charge in [0.05, 0.1) is 25.7 Å². The number of ether oxygens (including phenoxy) is 2. The summed E-state index contributed by atoms with van der Waals surface area (Å²) in [6.07, 6.45) is 0.231. The number of hydrogen-bond donors (Lipinski definition) is 0. The summed E-state index contributed by atoms with van der Waals surface area (Å²) in [5, 5.41) is 0. The van der Waals surface area contributed by atoms with Crippen molar-refractivity contribution in [1.29, 1.82) is 0 Å². The van der Waals surface area contributed by atoms with Crippen LogP contribution in [0, 0.1) is 5.92 Å². The van der Waals surface area contributed by atoms with Crippen molar-refractivity contribution in [3.8, 4) is 0 Å². The summed E-state index contributed by atoms with van der Waals surface area (Å²) in [6, 6.07) is 8.02. The fourth-order valence-corrected chi connectivity index (χ4v) is 3.17. The fraction of sp³-hybridized carbons (Fsp3) is 0.556. The highest BCUT2D eigenvalue weighted by Crippen LogP contribution is 2.26. The molecule has 6 heteroatoms. The highest BCUT2D eigenvalue weighted by atomic mass is 16.5. The van der Waals surface area contributed by atoms with Gasteiger partial charge in [-0.1, -0.05) is 12.1 Å². The van der Waals surface area contributed by atoms with Crippen LogP contribution in [0.15, 0.2) is 24.3 Å². The van der Waals surface area contributed by atoms with Crippen LogP contribution in [0.2, 0.25) is 0 Å². The molecule has 0 radical (unpaired) electrons. The van der Waals surface area contributed by atoms with Gasteiger partial charge in [0.2, 0.25) is 5.91 Å². The van der Waals surface area contributed by atoms with Crippen molar-refractivity contribution in [1.82, 2.24) is 4.90 Å². The van der Waals surface area contributed by atoms with E-state index >= 15 is 0 Å². The predicted molar refractivity (Wildman–Crippen MR) is 89.6 cm³/mol. The van der Waals surface area contributed by atoms with Crippen LogP contribution in [-0.2, 0) is 25.6 Å². The summed E-state index contributed by atoms with van der Waals surface area (Å²) < 4.78 is 10.4. The van der Waals surface area contributed by atoms with E-state index in [1.807, 2.05) is 12.1 Å². The standard InChI is InChI=1S/C18H24N2O4/c1-2-24-18(22)15-11-17(21)20(13-15)16-5-3-14(4-6-16)12-19-7-9-23-10-8-19/h3-6,15H,2,7-13H2,1H3/t15-/m1/s1. The molecule has 6 nitrogen and oxygen atoms in total. The van der Waals surface area contributed by atoms with Gasteiger partial charge >= 0.3 is 5.97 Å². The van der Waals surface area contributed by atoms with Crippen LogP contribution in [0.25, 0.3) is 0 Å². The number of carbonyl (C=O) groups is 2. The van der Waals surface area contributed by atoms with Crippen LogP contribution in [0.1, 0.15) is 18.9 Å². The summed E-state index contributed by atoms with van der Waals surface area (Å²) in [5.74, 6) is -0.656. The normalized spacial score (nSPS) is 22.0. The number of morpholine rings is 1. The van der Waals surface area contributed by atoms with Crippen molar-refractivity contribution in [2.45, 2.75) is 19.9 Å². The smallest absolute Gasteiger partial charge is 0.311 e. The Morgan fingerprint density at radius 2 is 1.96 bits per heavy atom. The lowest BCUT2D eigenvalue weighted by Crippen LogP contribution is -2.35. The Kier molecular flexibility index (Phi) is 5.48. The number of carbonyl (C=O) groups excluding carboxylic acids is 2. The Labute approximate surface area is 142 Å². The third kappa shape index (κ3) is 3.94. The van der Waals surface area contributed by atoms with Gasteiger partial charge in [-0.05, 0) is 24.6 Å². The number of amides is 1. The second-order valence-electron chi connectivity index (χ2n) is 6.21. The molecule has 2 aliphatic heterocycles. The molecular weight excluding hydrogens is 308 g/mol. The topological polar surface area (TPSA) is 59.1 Å². The zero-order chi connectivity index (χ0) is 16.9. The average Bonchev–Trinajstić information content (AvgIpc) is 2.99. The zero-order valence-corrected chi connectivity index (χ0v) is 14.1. The molecule has 1 atom stereocenters. The zero-order valence-electron chi connectivity index (χ0n) is 14.1. The number of anilines is 1. The van der Waals surface area contributed by atoms with Crippen LogP contribution in [0.5, 0.6) is 0 Å². The van der Waals surface area contributed by atoms with Gasteiger partial charge in [-0.2, -0.15) is 0 Å². The first-order valence-corrected chi connectivity index (χ1v) is 8.53. The quantitative estimate of drug-likeness (QED) is 0.764. The van der Waals surface area contributed by atoms with E-state index in [4.69, 9.17) is 9.47 Å². The molecule has 0 bridgehead atoms. The molecular formula is C18H24N2O4. The van der Waals surface area contributed by atoms with Gasteiger partial charge in [0.1, 0.15) is 0 Å². The Bertz CT molecular complexity index is 581. The van der Waals surface area contributed by atoms with Crippen molar-refractivity contribution in [3.05, 3.63) is 29.8 Å². The molecule has 0 aliphatic carbocycles. The van der Waals surface area contributed by atoms with Crippen LogP contribution in [0.4, 0.5) is 5.69 Å². The van der Waals surface area contributed by atoms with E-state index in [2.05, 4.69) is 17.0 Å². The molecule has 130 valence electrons. The summed E-state index contributed by atoms with van der Waals surface area (Å²) >= 11 is 0. The van der Waals surface area contributed by atoms with Gasteiger partial charge in [-0.15, -0.1) is 0 Å². The molecule has 0 N–H and O–H groups in total. The van der Waals surface area contributed by atoms with Gasteiger partial charge in [-0.3, -0.25) is 14.5 Å². The fourth-order valence-electron chi connectivity index (χ4n) is 3.17. The SMILES string of the molecule is CCOC(=O)[C@@H]1CC(=O)N(c2ccc(CN3CCOCC3)cc2)C1. The molecule has 24 heavy (non-hydrogen) atoms. The van der Waals surface area contributed by atoms with E-state index < -0.39 is 0 Å². The second-order valence-corrected chi connectivity index (χ2v) is 6.21. The molecule has 2 aliphatic rings.